The second kappa shape index (κ2) is 7.05. The SMILES string of the molecule is NCC(O)c1cccc(Cl)c1.O=C(O)O. The highest BCUT2D eigenvalue weighted by Crippen LogP contribution is 2.16. The van der Waals surface area contributed by atoms with Crippen LogP contribution < -0.4 is 5.73 Å². The third kappa shape index (κ3) is 6.73. The van der Waals surface area contributed by atoms with E-state index in [0.717, 1.165) is 5.56 Å². The Morgan fingerprint density at radius 1 is 1.47 bits per heavy atom. The summed E-state index contributed by atoms with van der Waals surface area (Å²) in [7, 11) is 0. The molecule has 5 nitrogen and oxygen atoms in total. The molecule has 1 unspecified atom stereocenters. The van der Waals surface area contributed by atoms with Crippen molar-refractivity contribution in [1.82, 2.24) is 0 Å². The summed E-state index contributed by atoms with van der Waals surface area (Å²) in [4.78, 5) is 8.56. The van der Waals surface area contributed by atoms with Gasteiger partial charge in [-0.05, 0) is 17.7 Å². The lowest BCUT2D eigenvalue weighted by Crippen LogP contribution is -2.11. The minimum Gasteiger partial charge on any atom is -0.450 e. The second-order valence-corrected chi connectivity index (χ2v) is 3.03. The molecule has 0 saturated heterocycles. The molecule has 84 valence electrons. The van der Waals surface area contributed by atoms with Gasteiger partial charge in [0.1, 0.15) is 0 Å². The van der Waals surface area contributed by atoms with Gasteiger partial charge < -0.3 is 21.1 Å². The average Bonchev–Trinajstić information content (AvgIpc) is 2.16. The predicted octanol–water partition coefficient (Wildman–Crippen LogP) is 1.55. The van der Waals surface area contributed by atoms with Crippen molar-refractivity contribution < 1.29 is 20.1 Å². The molecular formula is C9H12ClNO4. The molecule has 0 amide bonds. The summed E-state index contributed by atoms with van der Waals surface area (Å²) < 4.78 is 0. The van der Waals surface area contributed by atoms with Crippen LogP contribution in [0.15, 0.2) is 24.3 Å². The highest BCUT2D eigenvalue weighted by Gasteiger charge is 2.03. The summed E-state index contributed by atoms with van der Waals surface area (Å²) in [6.07, 6.45) is -2.44. The van der Waals surface area contributed by atoms with Crippen LogP contribution in [0.2, 0.25) is 5.02 Å². The van der Waals surface area contributed by atoms with Gasteiger partial charge in [0.15, 0.2) is 0 Å². The normalized spacial score (nSPS) is 11.1. The van der Waals surface area contributed by atoms with E-state index in [1.165, 1.54) is 0 Å². The molecule has 0 heterocycles. The number of aliphatic hydroxyl groups is 1. The Morgan fingerprint density at radius 3 is 2.40 bits per heavy atom. The van der Waals surface area contributed by atoms with Gasteiger partial charge in [0.05, 0.1) is 6.10 Å². The third-order valence-electron chi connectivity index (χ3n) is 1.46. The molecule has 6 heteroatoms. The van der Waals surface area contributed by atoms with Crippen molar-refractivity contribution in [2.24, 2.45) is 5.73 Å². The first-order valence-corrected chi connectivity index (χ1v) is 4.40. The zero-order chi connectivity index (χ0) is 11.8. The standard InChI is InChI=1S/C8H10ClNO.CH2O3/c9-7-3-1-2-6(4-7)8(11)5-10;2-1(3)4/h1-4,8,11H,5,10H2;(H2,2,3,4). The molecule has 0 saturated carbocycles. The van der Waals surface area contributed by atoms with Crippen LogP contribution in [0.5, 0.6) is 0 Å². The molecule has 0 aliphatic carbocycles. The van der Waals surface area contributed by atoms with Gasteiger partial charge in [0.2, 0.25) is 0 Å². The molecule has 0 radical (unpaired) electrons. The number of hydrogen-bond donors (Lipinski definition) is 4. The van der Waals surface area contributed by atoms with Crippen molar-refractivity contribution in [1.29, 1.82) is 0 Å². The molecule has 1 aromatic carbocycles. The Hall–Kier alpha value is -1.30. The van der Waals surface area contributed by atoms with Gasteiger partial charge >= 0.3 is 6.16 Å². The molecule has 5 N–H and O–H groups in total. The predicted molar refractivity (Wildman–Crippen MR) is 56.1 cm³/mol. The van der Waals surface area contributed by atoms with Crippen molar-refractivity contribution in [3.63, 3.8) is 0 Å². The summed E-state index contributed by atoms with van der Waals surface area (Å²) in [6.45, 7) is 0.223. The summed E-state index contributed by atoms with van der Waals surface area (Å²) in [5.41, 5.74) is 6.02. The maximum atomic E-state index is 9.27. The van der Waals surface area contributed by atoms with Gasteiger partial charge in [-0.25, -0.2) is 4.79 Å². The van der Waals surface area contributed by atoms with E-state index < -0.39 is 12.3 Å². The van der Waals surface area contributed by atoms with Crippen molar-refractivity contribution >= 4 is 17.8 Å². The van der Waals surface area contributed by atoms with Gasteiger partial charge in [0, 0.05) is 11.6 Å². The van der Waals surface area contributed by atoms with Crippen LogP contribution in [0.3, 0.4) is 0 Å². The number of benzene rings is 1. The van der Waals surface area contributed by atoms with E-state index >= 15 is 0 Å². The van der Waals surface area contributed by atoms with Gasteiger partial charge in [-0.1, -0.05) is 23.7 Å². The highest BCUT2D eigenvalue weighted by molar-refractivity contribution is 6.30. The first-order valence-electron chi connectivity index (χ1n) is 4.03. The highest BCUT2D eigenvalue weighted by atomic mass is 35.5. The molecular weight excluding hydrogens is 222 g/mol. The molecule has 0 spiro atoms. The molecule has 0 aliphatic rings. The molecule has 0 aliphatic heterocycles. The average molecular weight is 234 g/mol. The van der Waals surface area contributed by atoms with Crippen LogP contribution in [0.25, 0.3) is 0 Å². The minimum absolute atomic E-state index is 0.223. The quantitative estimate of drug-likeness (QED) is 0.621. The van der Waals surface area contributed by atoms with Gasteiger partial charge in [-0.3, -0.25) is 0 Å². The maximum Gasteiger partial charge on any atom is 0.503 e. The summed E-state index contributed by atoms with van der Waals surface area (Å²) in [5, 5.41) is 23.8. The molecule has 1 atom stereocenters. The van der Waals surface area contributed by atoms with Crippen LogP contribution in [0, 0.1) is 0 Å². The van der Waals surface area contributed by atoms with Crippen LogP contribution in [0.1, 0.15) is 11.7 Å². The number of nitrogens with two attached hydrogens (primary N) is 1. The van der Waals surface area contributed by atoms with Crippen molar-refractivity contribution in [3.8, 4) is 0 Å². The van der Waals surface area contributed by atoms with E-state index in [1.807, 2.05) is 0 Å². The minimum atomic E-state index is -1.83. The van der Waals surface area contributed by atoms with Crippen LogP contribution >= 0.6 is 11.6 Å². The van der Waals surface area contributed by atoms with Crippen molar-refractivity contribution in [2.75, 3.05) is 6.54 Å². The van der Waals surface area contributed by atoms with E-state index in [2.05, 4.69) is 0 Å². The fourth-order valence-corrected chi connectivity index (χ4v) is 1.05. The molecule has 0 aromatic heterocycles. The number of hydrogen-bond acceptors (Lipinski definition) is 3. The first kappa shape index (κ1) is 13.7. The Labute approximate surface area is 91.7 Å². The molecule has 1 rings (SSSR count). The first-order chi connectivity index (χ1) is 6.97. The topological polar surface area (TPSA) is 104 Å². The molecule has 0 fully saturated rings. The maximum absolute atomic E-state index is 9.27. The molecule has 1 aromatic rings. The Balaban J connectivity index is 0.000000423. The fourth-order valence-electron chi connectivity index (χ4n) is 0.850. The zero-order valence-electron chi connectivity index (χ0n) is 7.80. The van der Waals surface area contributed by atoms with E-state index in [1.54, 1.807) is 24.3 Å². The lowest BCUT2D eigenvalue weighted by molar-refractivity contribution is 0.137. The lowest BCUT2D eigenvalue weighted by atomic mass is 10.1. The largest absolute Gasteiger partial charge is 0.503 e. The Kier molecular flexibility index (Phi) is 6.44. The second-order valence-electron chi connectivity index (χ2n) is 2.59. The van der Waals surface area contributed by atoms with Gasteiger partial charge in [-0.2, -0.15) is 0 Å². The zero-order valence-corrected chi connectivity index (χ0v) is 8.55. The Morgan fingerprint density at radius 2 is 2.00 bits per heavy atom. The van der Waals surface area contributed by atoms with Crippen molar-refractivity contribution in [2.45, 2.75) is 6.10 Å². The van der Waals surface area contributed by atoms with Crippen molar-refractivity contribution in [3.05, 3.63) is 34.9 Å². The number of rotatable bonds is 2. The monoisotopic (exact) mass is 233 g/mol. The Bertz CT molecular complexity index is 315. The molecule has 0 bridgehead atoms. The van der Waals surface area contributed by atoms with E-state index in [0.29, 0.717) is 5.02 Å². The van der Waals surface area contributed by atoms with Crippen LogP contribution in [-0.4, -0.2) is 28.0 Å². The van der Waals surface area contributed by atoms with Gasteiger partial charge in [0.25, 0.3) is 0 Å². The number of carboxylic acid groups (broad SMARTS) is 2. The van der Waals surface area contributed by atoms with E-state index in [4.69, 9.17) is 32.3 Å². The number of carbonyl (C=O) groups is 1. The lowest BCUT2D eigenvalue weighted by Gasteiger charge is -2.06. The third-order valence-corrected chi connectivity index (χ3v) is 1.69. The number of halogens is 1. The summed E-state index contributed by atoms with van der Waals surface area (Å²) >= 11 is 5.69. The summed E-state index contributed by atoms with van der Waals surface area (Å²) in [5.74, 6) is 0. The van der Waals surface area contributed by atoms with E-state index in [9.17, 15) is 5.11 Å². The van der Waals surface area contributed by atoms with E-state index in [-0.39, 0.29) is 6.54 Å². The number of aliphatic hydroxyl groups excluding tert-OH is 1. The fraction of sp³-hybridized carbons (Fsp3) is 0.222. The smallest absolute Gasteiger partial charge is 0.450 e. The van der Waals surface area contributed by atoms with Gasteiger partial charge in [-0.15, -0.1) is 0 Å². The summed E-state index contributed by atoms with van der Waals surface area (Å²) in [6, 6.07) is 7.05. The molecule has 15 heavy (non-hydrogen) atoms. The van der Waals surface area contributed by atoms with Crippen LogP contribution in [-0.2, 0) is 0 Å². The van der Waals surface area contributed by atoms with Crippen LogP contribution in [0.4, 0.5) is 4.79 Å².